The summed E-state index contributed by atoms with van der Waals surface area (Å²) in [7, 11) is 0. The molecule has 2 N–H and O–H groups in total. The number of halogens is 2. The minimum Gasteiger partial charge on any atom is -0.478 e. The molecule has 3 aliphatic rings. The lowest BCUT2D eigenvalue weighted by atomic mass is 9.80. The number of aromatic carboxylic acids is 1. The van der Waals surface area contributed by atoms with Gasteiger partial charge in [-0.2, -0.15) is 0 Å². The Labute approximate surface area is 163 Å². The van der Waals surface area contributed by atoms with E-state index in [1.165, 1.54) is 6.07 Å². The van der Waals surface area contributed by atoms with Crippen molar-refractivity contribution in [2.24, 2.45) is 5.92 Å². The maximum absolute atomic E-state index is 13.0. The summed E-state index contributed by atoms with van der Waals surface area (Å²) in [5, 5.41) is 13.2. The number of alkyl halides is 1. The first-order valence-corrected chi connectivity index (χ1v) is 9.99. The second-order valence-electron chi connectivity index (χ2n) is 8.20. The van der Waals surface area contributed by atoms with E-state index >= 15 is 0 Å². The zero-order valence-corrected chi connectivity index (χ0v) is 16.3. The van der Waals surface area contributed by atoms with Crippen LogP contribution in [0.15, 0.2) is 6.07 Å². The molecule has 1 unspecified atom stereocenters. The van der Waals surface area contributed by atoms with Gasteiger partial charge in [-0.25, -0.2) is 9.18 Å². The van der Waals surface area contributed by atoms with Gasteiger partial charge in [0.15, 0.2) is 11.5 Å². The van der Waals surface area contributed by atoms with E-state index in [4.69, 9.17) is 21.1 Å². The molecule has 1 atom stereocenters. The minimum atomic E-state index is -1.03. The van der Waals surface area contributed by atoms with E-state index in [0.717, 1.165) is 25.7 Å². The maximum Gasteiger partial charge on any atom is 0.336 e. The summed E-state index contributed by atoms with van der Waals surface area (Å²) in [6.45, 7) is 3.62. The average Bonchev–Trinajstić information content (AvgIpc) is 2.97. The summed E-state index contributed by atoms with van der Waals surface area (Å²) in [5.41, 5.74) is 0.665. The molecule has 2 aliphatic carbocycles. The van der Waals surface area contributed by atoms with Crippen LogP contribution in [-0.2, 0) is 0 Å². The van der Waals surface area contributed by atoms with Gasteiger partial charge in [0.1, 0.15) is 6.17 Å². The van der Waals surface area contributed by atoms with Crippen molar-refractivity contribution in [1.82, 2.24) is 5.32 Å². The number of fused-ring (bicyclic) bond motifs is 1. The number of rotatable bonds is 4. The van der Waals surface area contributed by atoms with Crippen LogP contribution >= 0.6 is 11.6 Å². The van der Waals surface area contributed by atoms with Gasteiger partial charge in [-0.3, -0.25) is 0 Å². The van der Waals surface area contributed by atoms with Crippen molar-refractivity contribution in [3.8, 4) is 11.5 Å². The van der Waals surface area contributed by atoms with Crippen LogP contribution in [0.3, 0.4) is 0 Å². The van der Waals surface area contributed by atoms with Crippen molar-refractivity contribution < 1.29 is 23.8 Å². The first-order chi connectivity index (χ1) is 12.8. The Morgan fingerprint density at radius 1 is 1.22 bits per heavy atom. The van der Waals surface area contributed by atoms with Crippen LogP contribution < -0.4 is 14.8 Å². The smallest absolute Gasteiger partial charge is 0.336 e. The largest absolute Gasteiger partial charge is 0.478 e. The van der Waals surface area contributed by atoms with Gasteiger partial charge in [0.05, 0.1) is 10.6 Å². The number of ether oxygens (including phenoxy) is 2. The van der Waals surface area contributed by atoms with E-state index < -0.39 is 17.9 Å². The molecule has 7 heteroatoms. The van der Waals surface area contributed by atoms with Crippen molar-refractivity contribution in [2.45, 2.75) is 76.4 Å². The number of hydrogen-bond donors (Lipinski definition) is 2. The van der Waals surface area contributed by atoms with Gasteiger partial charge < -0.3 is 19.9 Å². The Morgan fingerprint density at radius 3 is 2.44 bits per heavy atom. The molecule has 1 aromatic rings. The first-order valence-electron chi connectivity index (χ1n) is 9.61. The Bertz CT molecular complexity index is 759. The summed E-state index contributed by atoms with van der Waals surface area (Å²) >= 11 is 6.26. The Kier molecular flexibility index (Phi) is 4.75. The summed E-state index contributed by atoms with van der Waals surface area (Å²) in [4.78, 5) is 11.4. The van der Waals surface area contributed by atoms with Crippen LogP contribution in [0.2, 0.25) is 5.02 Å². The van der Waals surface area contributed by atoms with Crippen LogP contribution in [0, 0.1) is 12.8 Å². The number of carboxylic acid groups (broad SMARTS) is 1. The lowest BCUT2D eigenvalue weighted by Crippen LogP contribution is -2.51. The fourth-order valence-corrected chi connectivity index (χ4v) is 4.77. The maximum atomic E-state index is 13.0. The van der Waals surface area contributed by atoms with Crippen LogP contribution in [0.4, 0.5) is 4.39 Å². The molecule has 4 rings (SSSR count). The van der Waals surface area contributed by atoms with Crippen LogP contribution in [0.1, 0.15) is 61.4 Å². The van der Waals surface area contributed by atoms with Gasteiger partial charge in [-0.05, 0) is 51.5 Å². The van der Waals surface area contributed by atoms with E-state index in [9.17, 15) is 14.3 Å². The number of nitrogens with one attached hydrogen (secondary N) is 1. The molecule has 2 fully saturated rings. The van der Waals surface area contributed by atoms with Gasteiger partial charge >= 0.3 is 5.97 Å². The summed E-state index contributed by atoms with van der Waals surface area (Å²) in [6.07, 6.45) is 4.45. The molecule has 1 aromatic carbocycles. The summed E-state index contributed by atoms with van der Waals surface area (Å²) in [6, 6.07) is 2.15. The van der Waals surface area contributed by atoms with Crippen molar-refractivity contribution in [3.63, 3.8) is 0 Å². The van der Waals surface area contributed by atoms with Gasteiger partial charge in [0, 0.05) is 30.5 Å². The zero-order chi connectivity index (χ0) is 19.3. The van der Waals surface area contributed by atoms with Crippen molar-refractivity contribution >= 4 is 17.6 Å². The highest BCUT2D eigenvalue weighted by atomic mass is 35.5. The van der Waals surface area contributed by atoms with Gasteiger partial charge in [-0.1, -0.05) is 11.6 Å². The molecule has 0 spiro atoms. The Hall–Kier alpha value is -1.53. The highest BCUT2D eigenvalue weighted by Gasteiger charge is 2.47. The monoisotopic (exact) mass is 397 g/mol. The predicted molar refractivity (Wildman–Crippen MR) is 99.6 cm³/mol. The molecule has 0 saturated heterocycles. The fourth-order valence-electron chi connectivity index (χ4n) is 4.54. The lowest BCUT2D eigenvalue weighted by molar-refractivity contribution is -0.121. The predicted octanol–water partition coefficient (Wildman–Crippen LogP) is 4.48. The van der Waals surface area contributed by atoms with Gasteiger partial charge in [-0.15, -0.1) is 0 Å². The highest BCUT2D eigenvalue weighted by molar-refractivity contribution is 6.32. The average molecular weight is 398 g/mol. The minimum absolute atomic E-state index is 0.131. The Balaban J connectivity index is 1.43. The van der Waals surface area contributed by atoms with Gasteiger partial charge in [0.2, 0.25) is 0 Å². The molecule has 1 heterocycles. The van der Waals surface area contributed by atoms with E-state index in [-0.39, 0.29) is 16.5 Å². The van der Waals surface area contributed by atoms with Crippen LogP contribution in [-0.4, -0.2) is 35.1 Å². The van der Waals surface area contributed by atoms with Crippen molar-refractivity contribution in [1.29, 1.82) is 0 Å². The van der Waals surface area contributed by atoms with Gasteiger partial charge in [0.25, 0.3) is 5.79 Å². The molecular formula is C20H25ClFNO4. The molecule has 0 bridgehead atoms. The molecule has 0 aromatic heterocycles. The highest BCUT2D eigenvalue weighted by Crippen LogP contribution is 2.51. The molecule has 0 radical (unpaired) electrons. The molecule has 5 nitrogen and oxygen atoms in total. The molecular weight excluding hydrogens is 373 g/mol. The number of benzene rings is 1. The van der Waals surface area contributed by atoms with Crippen molar-refractivity contribution in [3.05, 3.63) is 22.2 Å². The number of hydrogen-bond acceptors (Lipinski definition) is 4. The van der Waals surface area contributed by atoms with Crippen LogP contribution in [0.5, 0.6) is 11.5 Å². The third kappa shape index (κ3) is 3.38. The SMILES string of the molecule is Cc1c(C(=O)O)cc(Cl)c2c1OC(C)(C1CCC(NC3CC(F)C3)CC1)O2. The fraction of sp³-hybridized carbons (Fsp3) is 0.650. The molecule has 27 heavy (non-hydrogen) atoms. The van der Waals surface area contributed by atoms with E-state index in [2.05, 4.69) is 5.32 Å². The topological polar surface area (TPSA) is 67.8 Å². The van der Waals surface area contributed by atoms with E-state index in [0.29, 0.717) is 42.0 Å². The summed E-state index contributed by atoms with van der Waals surface area (Å²) < 4.78 is 25.3. The zero-order valence-electron chi connectivity index (χ0n) is 15.6. The van der Waals surface area contributed by atoms with Crippen LogP contribution in [0.25, 0.3) is 0 Å². The lowest BCUT2D eigenvalue weighted by Gasteiger charge is -2.40. The standard InChI is InChI=1S/C20H25ClFNO4/c1-10-15(19(24)25)9-16(21)18-17(10)26-20(2,27-18)11-3-5-13(6-4-11)23-14-7-12(22)8-14/h9,11-14,23H,3-8H2,1-2H3,(H,24,25). The number of carboxylic acids is 1. The van der Waals surface area contributed by atoms with E-state index in [1.807, 2.05) is 6.92 Å². The normalized spacial score (nSPS) is 35.0. The quantitative estimate of drug-likeness (QED) is 0.783. The third-order valence-corrected chi connectivity index (χ3v) is 6.58. The molecule has 2 saturated carbocycles. The molecule has 148 valence electrons. The second kappa shape index (κ2) is 6.82. The van der Waals surface area contributed by atoms with E-state index in [1.54, 1.807) is 6.92 Å². The Morgan fingerprint density at radius 2 is 1.85 bits per heavy atom. The molecule has 0 amide bonds. The first kappa shape index (κ1) is 18.8. The third-order valence-electron chi connectivity index (χ3n) is 6.30. The number of carbonyl (C=O) groups is 1. The second-order valence-corrected chi connectivity index (χ2v) is 8.60. The molecule has 1 aliphatic heterocycles. The summed E-state index contributed by atoms with van der Waals surface area (Å²) in [5.74, 6) is -0.828. The van der Waals surface area contributed by atoms with Crippen molar-refractivity contribution in [2.75, 3.05) is 0 Å².